The maximum Gasteiger partial charge on any atom is 0.433 e. The van der Waals surface area contributed by atoms with Gasteiger partial charge in [0.1, 0.15) is 17.2 Å². The highest BCUT2D eigenvalue weighted by Crippen LogP contribution is 2.29. The number of alkyl halides is 3. The molecule has 6 nitrogen and oxygen atoms in total. The number of amides is 2. The van der Waals surface area contributed by atoms with Crippen LogP contribution in [0, 0.1) is 11.2 Å². The lowest BCUT2D eigenvalue weighted by atomic mass is 9.92. The van der Waals surface area contributed by atoms with Crippen molar-refractivity contribution in [3.8, 4) is 0 Å². The Hall–Kier alpha value is -4.21. The van der Waals surface area contributed by atoms with E-state index in [1.807, 2.05) is 20.8 Å². The van der Waals surface area contributed by atoms with E-state index in [-0.39, 0.29) is 29.2 Å². The Bertz CT molecular complexity index is 1490. The number of rotatable bonds is 6. The van der Waals surface area contributed by atoms with Gasteiger partial charge in [-0.05, 0) is 47.9 Å². The first-order valence-corrected chi connectivity index (χ1v) is 11.8. The number of halogens is 4. The molecule has 0 saturated heterocycles. The van der Waals surface area contributed by atoms with Crippen molar-refractivity contribution >= 4 is 34.1 Å². The first kappa shape index (κ1) is 26.8. The number of benzene rings is 2. The van der Waals surface area contributed by atoms with Gasteiger partial charge in [0.2, 0.25) is 5.91 Å². The van der Waals surface area contributed by atoms with Crippen molar-refractivity contribution in [3.05, 3.63) is 89.6 Å². The van der Waals surface area contributed by atoms with E-state index < -0.39 is 23.6 Å². The summed E-state index contributed by atoms with van der Waals surface area (Å²) < 4.78 is 54.6. The molecule has 4 rings (SSSR count). The van der Waals surface area contributed by atoms with Gasteiger partial charge in [0, 0.05) is 28.6 Å². The third kappa shape index (κ3) is 6.37. The summed E-state index contributed by atoms with van der Waals surface area (Å²) in [5.41, 5.74) is 0.437. The van der Waals surface area contributed by atoms with E-state index in [1.54, 1.807) is 47.0 Å². The number of fused-ring (bicyclic) bond motifs is 1. The predicted octanol–water partition coefficient (Wildman–Crippen LogP) is 6.87. The first-order chi connectivity index (χ1) is 17.8. The summed E-state index contributed by atoms with van der Waals surface area (Å²) in [4.78, 5) is 29.0. The lowest BCUT2D eigenvalue weighted by Crippen LogP contribution is -2.19. The summed E-state index contributed by atoms with van der Waals surface area (Å²) in [5.74, 6) is -1.22. The number of carbonyl (C=O) groups excluding carboxylic acids is 2. The van der Waals surface area contributed by atoms with E-state index in [0.717, 1.165) is 18.3 Å². The highest BCUT2D eigenvalue weighted by molar-refractivity contribution is 6.07. The molecule has 0 aliphatic heterocycles. The maximum atomic E-state index is 14.5. The number of nitrogens with zero attached hydrogens (tertiary/aromatic N) is 2. The summed E-state index contributed by atoms with van der Waals surface area (Å²) in [7, 11) is 0. The third-order valence-corrected chi connectivity index (χ3v) is 5.71. The summed E-state index contributed by atoms with van der Waals surface area (Å²) >= 11 is 0. The van der Waals surface area contributed by atoms with Crippen LogP contribution in [0.15, 0.2) is 66.9 Å². The van der Waals surface area contributed by atoms with E-state index >= 15 is 0 Å². The summed E-state index contributed by atoms with van der Waals surface area (Å²) in [6.07, 6.45) is -3.36. The van der Waals surface area contributed by atoms with Crippen LogP contribution in [0.3, 0.4) is 0 Å². The molecule has 0 fully saturated rings. The van der Waals surface area contributed by atoms with Crippen LogP contribution in [-0.2, 0) is 17.5 Å². The van der Waals surface area contributed by atoms with Crippen molar-refractivity contribution in [1.82, 2.24) is 9.55 Å². The zero-order valence-corrected chi connectivity index (χ0v) is 21.0. The molecule has 0 aliphatic rings. The minimum absolute atomic E-state index is 0.0277. The number of aromatic nitrogens is 2. The lowest BCUT2D eigenvalue weighted by Gasteiger charge is -2.17. The van der Waals surface area contributed by atoms with Gasteiger partial charge in [-0.2, -0.15) is 13.2 Å². The van der Waals surface area contributed by atoms with Crippen molar-refractivity contribution in [3.63, 3.8) is 0 Å². The van der Waals surface area contributed by atoms with E-state index in [9.17, 15) is 27.2 Å². The van der Waals surface area contributed by atoms with Crippen LogP contribution in [0.4, 0.5) is 28.9 Å². The van der Waals surface area contributed by atoms with E-state index in [2.05, 4.69) is 15.6 Å². The fraction of sp³-hybridized carbons (Fsp3) is 0.250. The molecule has 0 saturated carbocycles. The molecule has 2 amide bonds. The molecule has 0 unspecified atom stereocenters. The van der Waals surface area contributed by atoms with Crippen molar-refractivity contribution in [1.29, 1.82) is 0 Å². The van der Waals surface area contributed by atoms with Crippen molar-refractivity contribution in [2.45, 2.75) is 39.9 Å². The summed E-state index contributed by atoms with van der Waals surface area (Å²) in [6.45, 7) is 5.89. The molecule has 2 aromatic carbocycles. The van der Waals surface area contributed by atoms with E-state index in [0.29, 0.717) is 28.6 Å². The summed E-state index contributed by atoms with van der Waals surface area (Å²) in [5, 5.41) is 6.03. The van der Waals surface area contributed by atoms with Gasteiger partial charge in [0.15, 0.2) is 0 Å². The Labute approximate surface area is 216 Å². The Morgan fingerprint density at radius 1 is 0.921 bits per heavy atom. The first-order valence-electron chi connectivity index (χ1n) is 11.8. The zero-order chi connectivity index (χ0) is 27.7. The quantitative estimate of drug-likeness (QED) is 0.269. The molecule has 0 radical (unpaired) electrons. The molecule has 2 aromatic heterocycles. The Kier molecular flexibility index (Phi) is 7.26. The Balaban J connectivity index is 1.68. The molecule has 2 heterocycles. The molecular weight excluding hydrogens is 500 g/mol. The molecule has 0 spiro atoms. The lowest BCUT2D eigenvalue weighted by molar-refractivity contribution is -0.141. The summed E-state index contributed by atoms with van der Waals surface area (Å²) in [6, 6.07) is 14.8. The maximum absolute atomic E-state index is 14.5. The van der Waals surface area contributed by atoms with Gasteiger partial charge < -0.3 is 15.2 Å². The average Bonchev–Trinajstić information content (AvgIpc) is 3.16. The fourth-order valence-corrected chi connectivity index (χ4v) is 4.02. The molecule has 10 heteroatoms. The normalized spacial score (nSPS) is 12.0. The van der Waals surface area contributed by atoms with Crippen molar-refractivity contribution < 1.29 is 27.2 Å². The fourth-order valence-electron chi connectivity index (χ4n) is 4.02. The second-order valence-corrected chi connectivity index (χ2v) is 10.2. The molecule has 2 N–H and O–H groups in total. The average molecular weight is 527 g/mol. The van der Waals surface area contributed by atoms with Crippen LogP contribution in [0.5, 0.6) is 0 Å². The molecule has 38 heavy (non-hydrogen) atoms. The molecule has 0 bridgehead atoms. The molecule has 0 aliphatic carbocycles. The van der Waals surface area contributed by atoms with Gasteiger partial charge in [-0.3, -0.25) is 9.59 Å². The molecule has 4 aromatic rings. The molecule has 198 valence electrons. The number of pyridine rings is 1. The largest absolute Gasteiger partial charge is 0.433 e. The van der Waals surface area contributed by atoms with Gasteiger partial charge in [-0.1, -0.05) is 39.0 Å². The predicted molar refractivity (Wildman–Crippen MR) is 137 cm³/mol. The Morgan fingerprint density at radius 3 is 2.26 bits per heavy atom. The number of carbonyl (C=O) groups is 2. The van der Waals surface area contributed by atoms with Crippen LogP contribution in [0.1, 0.15) is 48.9 Å². The van der Waals surface area contributed by atoms with Crippen LogP contribution in [0.2, 0.25) is 0 Å². The minimum atomic E-state index is -4.60. The number of nitrogens with one attached hydrogen (secondary N) is 2. The topological polar surface area (TPSA) is 76.0 Å². The number of hydrogen-bond donors (Lipinski definition) is 2. The van der Waals surface area contributed by atoms with E-state index in [1.165, 1.54) is 6.07 Å². The van der Waals surface area contributed by atoms with E-state index in [4.69, 9.17) is 0 Å². The minimum Gasteiger partial charge on any atom is -0.332 e. The van der Waals surface area contributed by atoms with Crippen molar-refractivity contribution in [2.75, 3.05) is 10.6 Å². The van der Waals surface area contributed by atoms with Crippen LogP contribution < -0.4 is 10.6 Å². The number of hydrogen-bond acceptors (Lipinski definition) is 3. The highest BCUT2D eigenvalue weighted by atomic mass is 19.4. The molecular formula is C28H26F4N4O2. The van der Waals surface area contributed by atoms with Crippen LogP contribution in [-0.4, -0.2) is 21.4 Å². The van der Waals surface area contributed by atoms with Crippen LogP contribution in [0.25, 0.3) is 10.9 Å². The SMILES string of the molecule is CC(C)(C)CC(=O)Nc1ccc2c(c1)cc(C(=O)Nc1ccc(C(F)(F)F)nc1)n2Cc1ccccc1F. The Morgan fingerprint density at radius 2 is 1.63 bits per heavy atom. The third-order valence-electron chi connectivity index (χ3n) is 5.71. The smallest absolute Gasteiger partial charge is 0.332 e. The van der Waals surface area contributed by atoms with Gasteiger partial charge >= 0.3 is 6.18 Å². The number of anilines is 2. The second kappa shape index (κ2) is 10.3. The van der Waals surface area contributed by atoms with Gasteiger partial charge in [0.25, 0.3) is 5.91 Å². The van der Waals surface area contributed by atoms with Gasteiger partial charge in [-0.25, -0.2) is 9.37 Å². The monoisotopic (exact) mass is 526 g/mol. The van der Waals surface area contributed by atoms with Gasteiger partial charge in [-0.15, -0.1) is 0 Å². The van der Waals surface area contributed by atoms with Crippen LogP contribution >= 0.6 is 0 Å². The standard InChI is InChI=1S/C28H26F4N4O2/c1-27(2,3)14-25(37)34-19-8-10-22-18(12-19)13-23(36(22)16-17-6-4-5-7-21(17)29)26(38)35-20-9-11-24(33-15-20)28(30,31)32/h4-13,15H,14,16H2,1-3H3,(H,34,37)(H,35,38). The highest BCUT2D eigenvalue weighted by Gasteiger charge is 2.32. The second-order valence-electron chi connectivity index (χ2n) is 10.2. The van der Waals surface area contributed by atoms with Gasteiger partial charge in [0.05, 0.1) is 18.4 Å². The zero-order valence-electron chi connectivity index (χ0n) is 21.0. The molecule has 0 atom stereocenters. The van der Waals surface area contributed by atoms with Crippen molar-refractivity contribution in [2.24, 2.45) is 5.41 Å².